The largest absolute Gasteiger partial charge is 0.454 e. The molecule has 0 unspecified atom stereocenters. The van der Waals surface area contributed by atoms with Gasteiger partial charge in [-0.25, -0.2) is 0 Å². The lowest BCUT2D eigenvalue weighted by Gasteiger charge is -2.29. The van der Waals surface area contributed by atoms with Crippen molar-refractivity contribution in [1.29, 1.82) is 0 Å². The van der Waals surface area contributed by atoms with Crippen molar-refractivity contribution in [2.75, 3.05) is 38.8 Å². The Labute approximate surface area is 123 Å². The summed E-state index contributed by atoms with van der Waals surface area (Å²) in [6, 6.07) is 3.09. The molecule has 0 radical (unpaired) electrons. The lowest BCUT2D eigenvalue weighted by molar-refractivity contribution is -0.384. The fourth-order valence-electron chi connectivity index (χ4n) is 2.74. The van der Waals surface area contributed by atoms with Crippen LogP contribution in [-0.2, 0) is 0 Å². The number of benzene rings is 1. The van der Waals surface area contributed by atoms with Crippen molar-refractivity contribution in [2.45, 2.75) is 12.8 Å². The van der Waals surface area contributed by atoms with Gasteiger partial charge in [0, 0.05) is 12.6 Å². The van der Waals surface area contributed by atoms with E-state index < -0.39 is 0 Å². The number of nitro groups is 1. The molecule has 0 saturated carbocycles. The monoisotopic (exact) mass is 293 g/mol. The highest BCUT2D eigenvalue weighted by molar-refractivity contribution is 5.68. The molecule has 3 rings (SSSR count). The van der Waals surface area contributed by atoms with Crippen LogP contribution < -0.4 is 14.8 Å². The first-order chi connectivity index (χ1) is 10.1. The van der Waals surface area contributed by atoms with Crippen molar-refractivity contribution >= 4 is 11.4 Å². The molecule has 1 N–H and O–H groups in total. The van der Waals surface area contributed by atoms with E-state index in [1.165, 1.54) is 6.07 Å². The topological polar surface area (TPSA) is 76.9 Å². The fraction of sp³-hybridized carbons (Fsp3) is 0.571. The third-order valence-electron chi connectivity index (χ3n) is 4.11. The zero-order chi connectivity index (χ0) is 14.8. The molecule has 7 heteroatoms. The average molecular weight is 293 g/mol. The predicted octanol–water partition coefficient (Wildman–Crippen LogP) is 2.08. The van der Waals surface area contributed by atoms with E-state index >= 15 is 0 Å². The first-order valence-corrected chi connectivity index (χ1v) is 7.14. The van der Waals surface area contributed by atoms with Gasteiger partial charge in [0.15, 0.2) is 11.5 Å². The number of likely N-dealkylation sites (tertiary alicyclic amines) is 1. The van der Waals surface area contributed by atoms with Gasteiger partial charge in [-0.3, -0.25) is 10.1 Å². The molecule has 1 fully saturated rings. The minimum atomic E-state index is -0.390. The van der Waals surface area contributed by atoms with Gasteiger partial charge in [0.25, 0.3) is 5.69 Å². The summed E-state index contributed by atoms with van der Waals surface area (Å²) >= 11 is 0. The molecular formula is C14H19N3O4. The highest BCUT2D eigenvalue weighted by Gasteiger charge is 2.24. The van der Waals surface area contributed by atoms with Gasteiger partial charge < -0.3 is 19.7 Å². The molecule has 0 aromatic heterocycles. The quantitative estimate of drug-likeness (QED) is 0.676. The Balaban J connectivity index is 1.71. The minimum Gasteiger partial charge on any atom is -0.454 e. The highest BCUT2D eigenvalue weighted by Crippen LogP contribution is 2.40. The van der Waals surface area contributed by atoms with E-state index in [1.807, 2.05) is 0 Å². The van der Waals surface area contributed by atoms with Crippen LogP contribution in [0.25, 0.3) is 0 Å². The van der Waals surface area contributed by atoms with Crippen LogP contribution in [0.15, 0.2) is 12.1 Å². The second kappa shape index (κ2) is 5.77. The molecule has 2 heterocycles. The molecule has 0 atom stereocenters. The number of ether oxygens (including phenoxy) is 2. The van der Waals surface area contributed by atoms with Gasteiger partial charge in [-0.2, -0.15) is 0 Å². The van der Waals surface area contributed by atoms with E-state index in [4.69, 9.17) is 9.47 Å². The molecule has 1 saturated heterocycles. The van der Waals surface area contributed by atoms with Gasteiger partial charge in [0.05, 0.1) is 11.0 Å². The van der Waals surface area contributed by atoms with E-state index in [9.17, 15) is 10.1 Å². The number of rotatable bonds is 4. The maximum Gasteiger partial charge on any atom is 0.296 e. The van der Waals surface area contributed by atoms with Crippen LogP contribution in [0.5, 0.6) is 11.5 Å². The van der Waals surface area contributed by atoms with Crippen LogP contribution in [0.3, 0.4) is 0 Å². The molecule has 114 valence electrons. The Bertz CT molecular complexity index is 541. The number of fused-ring (bicyclic) bond motifs is 1. The van der Waals surface area contributed by atoms with Crippen LogP contribution in [0.2, 0.25) is 0 Å². The Morgan fingerprint density at radius 2 is 2.00 bits per heavy atom. The van der Waals surface area contributed by atoms with Gasteiger partial charge in [-0.1, -0.05) is 0 Å². The van der Waals surface area contributed by atoms with Crippen molar-refractivity contribution in [3.05, 3.63) is 22.2 Å². The maximum absolute atomic E-state index is 11.2. The number of piperidine rings is 1. The third-order valence-corrected chi connectivity index (χ3v) is 4.11. The standard InChI is InChI=1S/C14H19N3O4/c1-16-4-2-10(3-5-16)8-15-11-6-13-14(21-9-20-13)7-12(11)17(18)19/h6-7,10,15H,2-5,8-9H2,1H3. The van der Waals surface area contributed by atoms with Crippen LogP contribution in [0.1, 0.15) is 12.8 Å². The summed E-state index contributed by atoms with van der Waals surface area (Å²) in [5.74, 6) is 1.55. The summed E-state index contributed by atoms with van der Waals surface area (Å²) in [5, 5.41) is 14.4. The maximum atomic E-state index is 11.2. The number of nitrogens with zero attached hydrogens (tertiary/aromatic N) is 2. The number of anilines is 1. The highest BCUT2D eigenvalue weighted by atomic mass is 16.7. The number of hydrogen-bond acceptors (Lipinski definition) is 6. The van der Waals surface area contributed by atoms with E-state index in [0.717, 1.165) is 32.5 Å². The summed E-state index contributed by atoms with van der Waals surface area (Å²) in [6.07, 6.45) is 2.23. The summed E-state index contributed by atoms with van der Waals surface area (Å²) < 4.78 is 10.5. The van der Waals surface area contributed by atoms with E-state index in [1.54, 1.807) is 6.07 Å². The Morgan fingerprint density at radius 3 is 2.67 bits per heavy atom. The van der Waals surface area contributed by atoms with E-state index in [2.05, 4.69) is 17.3 Å². The van der Waals surface area contributed by atoms with Crippen molar-refractivity contribution in [1.82, 2.24) is 4.90 Å². The first kappa shape index (κ1) is 13.9. The molecule has 2 aliphatic heterocycles. The molecule has 21 heavy (non-hydrogen) atoms. The van der Waals surface area contributed by atoms with Crippen LogP contribution in [0, 0.1) is 16.0 Å². The second-order valence-corrected chi connectivity index (χ2v) is 5.61. The molecular weight excluding hydrogens is 274 g/mol. The van der Waals surface area contributed by atoms with Crippen molar-refractivity contribution in [2.24, 2.45) is 5.92 Å². The van der Waals surface area contributed by atoms with Gasteiger partial charge in [-0.15, -0.1) is 0 Å². The number of nitrogens with one attached hydrogen (secondary N) is 1. The second-order valence-electron chi connectivity index (χ2n) is 5.61. The molecule has 0 aliphatic carbocycles. The Morgan fingerprint density at radius 1 is 1.33 bits per heavy atom. The van der Waals surface area contributed by atoms with E-state index in [0.29, 0.717) is 23.1 Å². The fourth-order valence-corrected chi connectivity index (χ4v) is 2.74. The number of nitro benzene ring substituents is 1. The molecule has 0 bridgehead atoms. The molecule has 0 spiro atoms. The van der Waals surface area contributed by atoms with Gasteiger partial charge in [0.2, 0.25) is 6.79 Å². The van der Waals surface area contributed by atoms with Gasteiger partial charge in [-0.05, 0) is 38.9 Å². The Hall–Kier alpha value is -2.02. The first-order valence-electron chi connectivity index (χ1n) is 7.14. The van der Waals surface area contributed by atoms with Crippen LogP contribution in [0.4, 0.5) is 11.4 Å². The zero-order valence-corrected chi connectivity index (χ0v) is 12.0. The van der Waals surface area contributed by atoms with E-state index in [-0.39, 0.29) is 17.4 Å². The van der Waals surface area contributed by atoms with Gasteiger partial charge in [0.1, 0.15) is 5.69 Å². The smallest absolute Gasteiger partial charge is 0.296 e. The molecule has 0 amide bonds. The Kier molecular flexibility index (Phi) is 3.83. The third kappa shape index (κ3) is 3.02. The summed E-state index contributed by atoms with van der Waals surface area (Å²) in [7, 11) is 2.12. The van der Waals surface area contributed by atoms with Gasteiger partial charge >= 0.3 is 0 Å². The molecule has 1 aromatic rings. The number of hydrogen-bond donors (Lipinski definition) is 1. The molecule has 2 aliphatic rings. The van der Waals surface area contributed by atoms with Crippen molar-refractivity contribution in [3.8, 4) is 11.5 Å². The molecule has 1 aromatic carbocycles. The minimum absolute atomic E-state index is 0.0344. The SMILES string of the molecule is CN1CCC(CNc2cc3c(cc2[N+](=O)[O-])OCO3)CC1. The van der Waals surface area contributed by atoms with Crippen molar-refractivity contribution < 1.29 is 14.4 Å². The zero-order valence-electron chi connectivity index (χ0n) is 12.0. The normalized spacial score (nSPS) is 18.7. The van der Waals surface area contributed by atoms with Crippen LogP contribution in [-0.4, -0.2) is 43.3 Å². The summed E-state index contributed by atoms with van der Waals surface area (Å²) in [6.45, 7) is 3.02. The predicted molar refractivity (Wildman–Crippen MR) is 77.9 cm³/mol. The lowest BCUT2D eigenvalue weighted by atomic mass is 9.97. The van der Waals surface area contributed by atoms with Crippen molar-refractivity contribution in [3.63, 3.8) is 0 Å². The lowest BCUT2D eigenvalue weighted by Crippen LogP contribution is -2.33. The summed E-state index contributed by atoms with van der Waals surface area (Å²) in [5.41, 5.74) is 0.537. The average Bonchev–Trinajstić information content (AvgIpc) is 2.92. The van der Waals surface area contributed by atoms with Crippen LogP contribution >= 0.6 is 0 Å². The summed E-state index contributed by atoms with van der Waals surface area (Å²) in [4.78, 5) is 13.1. The molecule has 7 nitrogen and oxygen atoms in total.